The van der Waals surface area contributed by atoms with E-state index < -0.39 is 25.2 Å². The number of hydrogen-bond acceptors (Lipinski definition) is 4. The molecule has 0 unspecified atom stereocenters. The third kappa shape index (κ3) is 14.8. The first-order valence-electron chi connectivity index (χ1n) is 14.7. The van der Waals surface area contributed by atoms with Gasteiger partial charge in [-0.3, -0.25) is 15.3 Å². The van der Waals surface area contributed by atoms with Gasteiger partial charge in [-0.05, 0) is 60.7 Å². The molecule has 0 aliphatic carbocycles. The summed E-state index contributed by atoms with van der Waals surface area (Å²) in [5.74, 6) is -0.377. The lowest BCUT2D eigenvalue weighted by atomic mass is 9.99. The zero-order chi connectivity index (χ0) is 33.0. The van der Waals surface area contributed by atoms with Crippen molar-refractivity contribution in [3.8, 4) is 0 Å². The Morgan fingerprint density at radius 1 is 1.02 bits per heavy atom. The van der Waals surface area contributed by atoms with Gasteiger partial charge in [-0.1, -0.05) is 89.4 Å². The highest BCUT2D eigenvalue weighted by Gasteiger charge is 2.31. The number of carbonyl (C=O) groups excluding carboxylic acids is 1. The second-order valence-corrected chi connectivity index (χ2v) is 9.69. The number of aliphatic imine (C=N–C) groups is 1. The van der Waals surface area contributed by atoms with Crippen molar-refractivity contribution in [2.75, 3.05) is 13.1 Å². The summed E-state index contributed by atoms with van der Waals surface area (Å²) in [5, 5.41) is 12.0. The molecular weight excluding hydrogens is 598 g/mol. The summed E-state index contributed by atoms with van der Waals surface area (Å²) in [7, 11) is 0. The average Bonchev–Trinajstić information content (AvgIpc) is 3.00. The minimum Gasteiger partial charge on any atom is -0.400 e. The van der Waals surface area contributed by atoms with E-state index in [-0.39, 0.29) is 17.9 Å². The van der Waals surface area contributed by atoms with Crippen molar-refractivity contribution in [1.29, 1.82) is 5.41 Å². The zero-order valence-electron chi connectivity index (χ0n) is 26.0. The molecule has 2 aromatic rings. The molecular formula is C32H46Cl2F3N5O. The zero-order valence-corrected chi connectivity index (χ0v) is 27.6. The van der Waals surface area contributed by atoms with Crippen LogP contribution in [0.25, 0.3) is 0 Å². The predicted octanol–water partition coefficient (Wildman–Crippen LogP) is 9.79. The van der Waals surface area contributed by atoms with E-state index in [1.54, 1.807) is 6.07 Å². The Kier molecular flexibility index (Phi) is 20.1. The van der Waals surface area contributed by atoms with Gasteiger partial charge >= 0.3 is 12.2 Å². The Labute approximate surface area is 265 Å². The topological polar surface area (TPSA) is 94.6 Å². The molecule has 0 bridgehead atoms. The SMILES string of the molecule is CC.CC.CCCC/C(C(CC)=NCc1ccccc1Cl)=C(/N)CNC(=O)N(CCC(F)(F)F)C(=N)c1ccc(Cl)cc1. The first-order chi connectivity index (χ1) is 20.5. The van der Waals surface area contributed by atoms with Crippen molar-refractivity contribution < 1.29 is 18.0 Å². The van der Waals surface area contributed by atoms with Crippen LogP contribution < -0.4 is 11.1 Å². The lowest BCUT2D eigenvalue weighted by Crippen LogP contribution is -2.46. The standard InChI is InChI=1S/C28H34Cl2F3N5O.2C2H6/c1-3-5-9-22(25(4-2)36-17-20-8-6-7-10-23(20)30)24(34)18-37-27(39)38(16-15-28(31,32)33)26(35)19-11-13-21(29)14-12-19;2*1-2/h6-8,10-14,35H,3-5,9,15-18,34H2,1-2H3,(H,37,39);2*1-2H3/b24-22-,35-26?,36-25?;;. The first kappa shape index (κ1) is 40.0. The molecule has 0 heterocycles. The van der Waals surface area contributed by atoms with Gasteiger partial charge < -0.3 is 11.1 Å². The van der Waals surface area contributed by atoms with Crippen LogP contribution in [-0.2, 0) is 6.54 Å². The highest BCUT2D eigenvalue weighted by Crippen LogP contribution is 2.22. The van der Waals surface area contributed by atoms with E-state index in [4.69, 9.17) is 39.3 Å². The highest BCUT2D eigenvalue weighted by molar-refractivity contribution is 6.31. The Bertz CT molecular complexity index is 1180. The number of carbonyl (C=O) groups is 1. The van der Waals surface area contributed by atoms with Crippen LogP contribution in [0.1, 0.15) is 84.8 Å². The lowest BCUT2D eigenvalue weighted by molar-refractivity contribution is -0.135. The van der Waals surface area contributed by atoms with E-state index in [0.717, 1.165) is 34.6 Å². The predicted molar refractivity (Wildman–Crippen MR) is 175 cm³/mol. The molecule has 6 nitrogen and oxygen atoms in total. The van der Waals surface area contributed by atoms with Crippen LogP contribution in [0.15, 0.2) is 64.8 Å². The van der Waals surface area contributed by atoms with Crippen LogP contribution in [-0.4, -0.2) is 41.7 Å². The summed E-state index contributed by atoms with van der Waals surface area (Å²) >= 11 is 12.2. The van der Waals surface area contributed by atoms with Crippen LogP contribution in [0, 0.1) is 5.41 Å². The van der Waals surface area contributed by atoms with Gasteiger partial charge in [-0.25, -0.2) is 4.79 Å². The van der Waals surface area contributed by atoms with E-state index in [9.17, 15) is 18.0 Å². The molecule has 0 atom stereocenters. The fourth-order valence-electron chi connectivity index (χ4n) is 3.76. The fraction of sp³-hybridized carbons (Fsp3) is 0.469. The maximum atomic E-state index is 13.0. The molecule has 11 heteroatoms. The smallest absolute Gasteiger partial charge is 0.390 e. The van der Waals surface area contributed by atoms with Gasteiger partial charge in [-0.15, -0.1) is 0 Å². The van der Waals surface area contributed by atoms with E-state index in [0.29, 0.717) is 35.1 Å². The van der Waals surface area contributed by atoms with Gasteiger partial charge in [0.25, 0.3) is 0 Å². The minimum atomic E-state index is -4.50. The van der Waals surface area contributed by atoms with Crippen molar-refractivity contribution in [2.45, 2.75) is 86.4 Å². The van der Waals surface area contributed by atoms with Crippen LogP contribution in [0.3, 0.4) is 0 Å². The second-order valence-electron chi connectivity index (χ2n) is 8.85. The number of halogens is 5. The van der Waals surface area contributed by atoms with E-state index in [1.807, 2.05) is 59.7 Å². The molecule has 0 aliphatic heterocycles. The molecule has 0 saturated heterocycles. The number of nitrogens with two attached hydrogens (primary N) is 1. The van der Waals surface area contributed by atoms with Crippen LogP contribution in [0.2, 0.25) is 10.0 Å². The normalized spacial score (nSPS) is 11.7. The van der Waals surface area contributed by atoms with Crippen molar-refractivity contribution in [2.24, 2.45) is 10.7 Å². The van der Waals surface area contributed by atoms with Crippen molar-refractivity contribution in [3.63, 3.8) is 0 Å². The summed E-state index contributed by atoms with van der Waals surface area (Å²) in [6, 6.07) is 12.5. The van der Waals surface area contributed by atoms with Gasteiger partial charge in [0, 0.05) is 33.6 Å². The monoisotopic (exact) mass is 643 g/mol. The lowest BCUT2D eigenvalue weighted by Gasteiger charge is -2.25. The minimum absolute atomic E-state index is 0.112. The number of amides is 2. The van der Waals surface area contributed by atoms with Crippen LogP contribution >= 0.6 is 23.2 Å². The van der Waals surface area contributed by atoms with Crippen molar-refractivity contribution in [1.82, 2.24) is 10.2 Å². The summed E-state index contributed by atoms with van der Waals surface area (Å²) in [6.07, 6.45) is -2.79. The Hall–Kier alpha value is -3.04. The van der Waals surface area contributed by atoms with Crippen LogP contribution in [0.5, 0.6) is 0 Å². The molecule has 0 aromatic heterocycles. The number of allylic oxidation sites excluding steroid dienone is 1. The molecule has 0 radical (unpaired) electrons. The molecule has 43 heavy (non-hydrogen) atoms. The molecule has 0 saturated carbocycles. The number of benzene rings is 2. The van der Waals surface area contributed by atoms with Crippen molar-refractivity contribution >= 4 is 40.8 Å². The molecule has 0 spiro atoms. The first-order valence-corrected chi connectivity index (χ1v) is 15.4. The molecule has 0 fully saturated rings. The largest absolute Gasteiger partial charge is 0.400 e. The molecule has 4 N–H and O–H groups in total. The molecule has 2 aromatic carbocycles. The van der Waals surface area contributed by atoms with Gasteiger partial charge in [0.1, 0.15) is 5.84 Å². The number of hydrogen-bond donors (Lipinski definition) is 3. The van der Waals surface area contributed by atoms with Gasteiger partial charge in [0.15, 0.2) is 0 Å². The molecule has 2 amide bonds. The Morgan fingerprint density at radius 2 is 1.63 bits per heavy atom. The fourth-order valence-corrected chi connectivity index (χ4v) is 4.08. The number of urea groups is 1. The summed E-state index contributed by atoms with van der Waals surface area (Å²) in [5.41, 5.74) is 9.48. The van der Waals surface area contributed by atoms with Crippen LogP contribution in [0.4, 0.5) is 18.0 Å². The maximum Gasteiger partial charge on any atom is 0.390 e. The van der Waals surface area contributed by atoms with E-state index in [1.165, 1.54) is 24.3 Å². The van der Waals surface area contributed by atoms with Crippen molar-refractivity contribution in [3.05, 3.63) is 81.0 Å². The van der Waals surface area contributed by atoms with E-state index in [2.05, 4.69) is 5.32 Å². The molecule has 240 valence electrons. The number of rotatable bonds is 12. The number of unbranched alkanes of at least 4 members (excludes halogenated alkanes) is 1. The number of nitrogens with zero attached hydrogens (tertiary/aromatic N) is 2. The summed E-state index contributed by atoms with van der Waals surface area (Å²) < 4.78 is 39.0. The highest BCUT2D eigenvalue weighted by atomic mass is 35.5. The van der Waals surface area contributed by atoms with Gasteiger partial charge in [0.05, 0.1) is 19.5 Å². The maximum absolute atomic E-state index is 13.0. The summed E-state index contributed by atoms with van der Waals surface area (Å²) in [6.45, 7) is 11.5. The van der Waals surface area contributed by atoms with E-state index >= 15 is 0 Å². The third-order valence-electron chi connectivity index (χ3n) is 5.93. The quantitative estimate of drug-likeness (QED) is 0.158. The number of alkyl halides is 3. The van der Waals surface area contributed by atoms with Gasteiger partial charge in [-0.2, -0.15) is 13.2 Å². The third-order valence-corrected chi connectivity index (χ3v) is 6.55. The number of amidine groups is 1. The molecule has 2 rings (SSSR count). The Balaban J connectivity index is 0.00000422. The average molecular weight is 645 g/mol. The summed E-state index contributed by atoms with van der Waals surface area (Å²) in [4.78, 5) is 18.5. The number of nitrogens with one attached hydrogen (secondary N) is 2. The van der Waals surface area contributed by atoms with Gasteiger partial charge in [0.2, 0.25) is 0 Å². The second kappa shape index (κ2) is 21.6. The Morgan fingerprint density at radius 3 is 2.16 bits per heavy atom. The molecule has 0 aliphatic rings.